The monoisotopic (exact) mass is 335 g/mol. The van der Waals surface area contributed by atoms with Crippen molar-refractivity contribution in [3.8, 4) is 0 Å². The fourth-order valence-electron chi connectivity index (χ4n) is 2.68. The lowest BCUT2D eigenvalue weighted by Gasteiger charge is -2.58. The summed E-state index contributed by atoms with van der Waals surface area (Å²) >= 11 is 0. The molecule has 1 fully saturated rings. The van der Waals surface area contributed by atoms with Crippen molar-refractivity contribution < 1.29 is 30.0 Å². The van der Waals surface area contributed by atoms with Gasteiger partial charge in [-0.3, -0.25) is 9.59 Å². The molecule has 2 atom stereocenters. The molecule has 0 spiro atoms. The van der Waals surface area contributed by atoms with Gasteiger partial charge >= 0.3 is 0 Å². The average molecular weight is 335 g/mol. The van der Waals surface area contributed by atoms with Crippen LogP contribution in [0.4, 0.5) is 0 Å². The van der Waals surface area contributed by atoms with E-state index in [1.807, 2.05) is 0 Å². The quantitative estimate of drug-likeness (QED) is 0.482. The maximum absolute atomic E-state index is 10.7. The van der Waals surface area contributed by atoms with Crippen molar-refractivity contribution >= 4 is 11.6 Å². The lowest BCUT2D eigenvalue weighted by atomic mass is 9.71. The number of ketones is 2. The molecule has 3 aliphatic rings. The molecule has 0 saturated heterocycles. The highest BCUT2D eigenvalue weighted by atomic mass is 16.3. The molecule has 6 nitrogen and oxygen atoms in total. The van der Waals surface area contributed by atoms with Crippen molar-refractivity contribution in [3.05, 3.63) is 29.6 Å². The van der Waals surface area contributed by atoms with E-state index in [9.17, 15) is 30.0 Å². The minimum atomic E-state index is -0.588. The molecule has 0 aromatic heterocycles. The van der Waals surface area contributed by atoms with E-state index >= 15 is 0 Å². The second-order valence-electron chi connectivity index (χ2n) is 6.63. The molecule has 0 N–H and O–H groups in total. The Kier molecular flexibility index (Phi) is 6.25. The fraction of sp³-hybridized carbons (Fsp3) is 0.611. The molecular formula is C18H23O6-3. The molecule has 1 saturated carbocycles. The molecular weight excluding hydrogens is 312 g/mol. The van der Waals surface area contributed by atoms with Gasteiger partial charge in [0, 0.05) is 5.92 Å². The Morgan fingerprint density at radius 1 is 0.792 bits per heavy atom. The van der Waals surface area contributed by atoms with E-state index in [-0.39, 0.29) is 40.8 Å². The molecule has 0 aromatic carbocycles. The largest absolute Gasteiger partial charge is 0.875 e. The molecule has 0 radical (unpaired) electrons. The molecule has 0 aromatic rings. The smallest absolute Gasteiger partial charge is 0.208 e. The number of hydrogen-bond donors (Lipinski definition) is 0. The zero-order chi connectivity index (χ0) is 18.9. The van der Waals surface area contributed by atoms with Crippen LogP contribution in [0.1, 0.15) is 34.6 Å². The van der Waals surface area contributed by atoms with Crippen LogP contribution in [0.2, 0.25) is 0 Å². The highest BCUT2D eigenvalue weighted by molar-refractivity contribution is 6.05. The third-order valence-corrected chi connectivity index (χ3v) is 4.97. The Morgan fingerprint density at radius 3 is 1.29 bits per heavy atom. The normalized spacial score (nSPS) is 37.3. The van der Waals surface area contributed by atoms with Crippen LogP contribution in [0.25, 0.3) is 0 Å². The lowest BCUT2D eigenvalue weighted by molar-refractivity contribution is -0.558. The average Bonchev–Trinajstić information content (AvgIpc) is 2.63. The van der Waals surface area contributed by atoms with Gasteiger partial charge in [-0.15, -0.1) is 18.0 Å². The van der Waals surface area contributed by atoms with E-state index in [2.05, 4.69) is 6.92 Å². The van der Waals surface area contributed by atoms with E-state index in [4.69, 9.17) is 0 Å². The van der Waals surface area contributed by atoms with Crippen molar-refractivity contribution in [2.24, 2.45) is 23.7 Å². The second-order valence-corrected chi connectivity index (χ2v) is 6.63. The van der Waals surface area contributed by atoms with Gasteiger partial charge in [0.05, 0.1) is 6.92 Å². The van der Waals surface area contributed by atoms with Crippen LogP contribution >= 0.6 is 0 Å². The second kappa shape index (κ2) is 7.40. The maximum atomic E-state index is 10.7. The fourth-order valence-corrected chi connectivity index (χ4v) is 2.68. The molecule has 0 aliphatic heterocycles. The minimum Gasteiger partial charge on any atom is -0.875 e. The van der Waals surface area contributed by atoms with Gasteiger partial charge in [-0.1, -0.05) is 38.4 Å². The van der Waals surface area contributed by atoms with Crippen LogP contribution < -0.4 is 20.4 Å². The van der Waals surface area contributed by atoms with Gasteiger partial charge in [-0.25, -0.2) is 0 Å². The van der Waals surface area contributed by atoms with Crippen molar-refractivity contribution in [1.29, 1.82) is 0 Å². The van der Waals surface area contributed by atoms with Crippen LogP contribution in [-0.2, 0) is 9.59 Å². The van der Waals surface area contributed by atoms with Gasteiger partial charge in [0.25, 0.3) is 0 Å². The maximum Gasteiger partial charge on any atom is 0.208 e. The molecule has 0 heterocycles. The molecule has 6 heteroatoms. The first-order chi connectivity index (χ1) is 10.9. The van der Waals surface area contributed by atoms with Crippen LogP contribution in [-0.4, -0.2) is 23.8 Å². The van der Waals surface area contributed by atoms with Crippen LogP contribution in [0, 0.1) is 30.6 Å². The SMILES string of the molecule is CC1=C([O-])C(C)C1=O.CC1C([O-])C(C)C1[O-].[CH2+]C1C(=O)C(C)=C1[O-]. The van der Waals surface area contributed by atoms with Crippen LogP contribution in [0.3, 0.4) is 0 Å². The Morgan fingerprint density at radius 2 is 1.17 bits per heavy atom. The van der Waals surface area contributed by atoms with Gasteiger partial charge in [0.1, 0.15) is 0 Å². The molecule has 134 valence electrons. The zero-order valence-corrected chi connectivity index (χ0v) is 14.6. The van der Waals surface area contributed by atoms with Gasteiger partial charge in [0.2, 0.25) is 5.78 Å². The highest BCUT2D eigenvalue weighted by Gasteiger charge is 2.31. The van der Waals surface area contributed by atoms with Crippen molar-refractivity contribution in [1.82, 2.24) is 0 Å². The first-order valence-corrected chi connectivity index (χ1v) is 7.92. The molecule has 24 heavy (non-hydrogen) atoms. The third-order valence-electron chi connectivity index (χ3n) is 4.97. The molecule has 0 amide bonds. The summed E-state index contributed by atoms with van der Waals surface area (Å²) in [5.41, 5.74) is 0.766. The van der Waals surface area contributed by atoms with Gasteiger partial charge in [-0.05, 0) is 25.0 Å². The summed E-state index contributed by atoms with van der Waals surface area (Å²) in [6, 6.07) is 0. The summed E-state index contributed by atoms with van der Waals surface area (Å²) in [5.74, 6) is -1.38. The summed E-state index contributed by atoms with van der Waals surface area (Å²) in [4.78, 5) is 21.0. The number of hydrogen-bond acceptors (Lipinski definition) is 6. The van der Waals surface area contributed by atoms with Gasteiger partial charge < -0.3 is 20.4 Å². The standard InChI is InChI=1S/C6H10O2.C6H8O2.C6H6O2/c3*1-3-5(7)4(2)6(3)8/h3-6H,1-2H3;3,7H,1-2H3;3H,1H2,2H3/q-2;;/p-1. The predicted molar refractivity (Wildman–Crippen MR) is 79.3 cm³/mol. The van der Waals surface area contributed by atoms with Crippen molar-refractivity contribution in [2.75, 3.05) is 0 Å². The summed E-state index contributed by atoms with van der Waals surface area (Å²) in [6.07, 6.45) is -1.17. The first-order valence-electron chi connectivity index (χ1n) is 7.92. The van der Waals surface area contributed by atoms with E-state index < -0.39 is 18.1 Å². The van der Waals surface area contributed by atoms with Gasteiger partial charge in [0.15, 0.2) is 11.7 Å². The van der Waals surface area contributed by atoms with Crippen molar-refractivity contribution in [3.63, 3.8) is 0 Å². The number of allylic oxidation sites excluding steroid dienone is 4. The predicted octanol–water partition coefficient (Wildman–Crippen LogP) is -1.78. The Bertz CT molecular complexity index is 516. The van der Waals surface area contributed by atoms with Crippen molar-refractivity contribution in [2.45, 2.75) is 46.8 Å². The van der Waals surface area contributed by atoms with Gasteiger partial charge in [-0.2, -0.15) is 0 Å². The number of rotatable bonds is 0. The topological polar surface area (TPSA) is 126 Å². The summed E-state index contributed by atoms with van der Waals surface area (Å²) in [6.45, 7) is 11.5. The van der Waals surface area contributed by atoms with E-state index in [0.717, 1.165) is 0 Å². The lowest BCUT2D eigenvalue weighted by Crippen LogP contribution is -2.64. The number of Topliss-reactive ketones (excluding diaryl/α,β-unsaturated/α-hetero) is 2. The number of carbonyl (C=O) groups is 2. The van der Waals surface area contributed by atoms with E-state index in [1.165, 1.54) is 6.92 Å². The molecule has 3 aliphatic carbocycles. The first kappa shape index (κ1) is 20.3. The zero-order valence-electron chi connectivity index (χ0n) is 14.6. The highest BCUT2D eigenvalue weighted by Crippen LogP contribution is 2.29. The third kappa shape index (κ3) is 3.49. The molecule has 3 rings (SSSR count). The van der Waals surface area contributed by atoms with Crippen LogP contribution in [0.5, 0.6) is 0 Å². The van der Waals surface area contributed by atoms with E-state index in [1.54, 1.807) is 27.7 Å². The molecule has 2 unspecified atom stereocenters. The molecule has 0 bridgehead atoms. The van der Waals surface area contributed by atoms with Crippen LogP contribution in [0.15, 0.2) is 22.7 Å². The summed E-state index contributed by atoms with van der Waals surface area (Å²) in [7, 11) is 0. The Hall–Kier alpha value is -1.79. The summed E-state index contributed by atoms with van der Waals surface area (Å²) < 4.78 is 0. The Balaban J connectivity index is 0.000000180. The number of carbonyl (C=O) groups excluding carboxylic acids is 2. The minimum absolute atomic E-state index is 0.00926. The summed E-state index contributed by atoms with van der Waals surface area (Å²) in [5, 5.41) is 42.3. The Labute approximate surface area is 142 Å². The van der Waals surface area contributed by atoms with E-state index in [0.29, 0.717) is 11.1 Å².